The summed E-state index contributed by atoms with van der Waals surface area (Å²) >= 11 is 3.56. The second kappa shape index (κ2) is 4.55. The Morgan fingerprint density at radius 1 is 1.44 bits per heavy atom. The van der Waals surface area contributed by atoms with E-state index >= 15 is 0 Å². The smallest absolute Gasteiger partial charge is 0.181 e. The topological polar surface area (TPSA) is 66.7 Å². The monoisotopic (exact) mass is 306 g/mol. The molecule has 0 saturated heterocycles. The summed E-state index contributed by atoms with van der Waals surface area (Å²) in [7, 11) is 1.90. The van der Waals surface area contributed by atoms with Gasteiger partial charge in [-0.1, -0.05) is 6.07 Å². The van der Waals surface area contributed by atoms with E-state index < -0.39 is 0 Å². The number of H-pyrrole nitrogens is 1. The molecule has 0 saturated carbocycles. The summed E-state index contributed by atoms with van der Waals surface area (Å²) in [6, 6.07) is 5.84. The van der Waals surface area contributed by atoms with E-state index in [0.29, 0.717) is 0 Å². The van der Waals surface area contributed by atoms with Gasteiger partial charge in [0.2, 0.25) is 0 Å². The molecule has 0 aliphatic rings. The van der Waals surface area contributed by atoms with E-state index in [1.807, 2.05) is 25.2 Å². The third-order valence-electron chi connectivity index (χ3n) is 2.73. The zero-order valence-electron chi connectivity index (χ0n) is 9.70. The molecule has 92 valence electrons. The average Bonchev–Trinajstić information content (AvgIpc) is 2.97. The number of benzene rings is 1. The van der Waals surface area contributed by atoms with Crippen LogP contribution in [0.4, 0.5) is 0 Å². The molecule has 0 aliphatic heterocycles. The van der Waals surface area contributed by atoms with Crippen LogP contribution in [0, 0.1) is 0 Å². The van der Waals surface area contributed by atoms with E-state index in [9.17, 15) is 0 Å². The minimum Gasteiger partial charge on any atom is -0.443 e. The predicted molar refractivity (Wildman–Crippen MR) is 72.1 cm³/mol. The van der Waals surface area contributed by atoms with Crippen molar-refractivity contribution in [1.82, 2.24) is 20.5 Å². The van der Waals surface area contributed by atoms with Crippen molar-refractivity contribution in [3.8, 4) is 11.3 Å². The fraction of sp³-hybridized carbons (Fsp3) is 0.167. The number of fused-ring (bicyclic) bond motifs is 1. The lowest BCUT2D eigenvalue weighted by atomic mass is 10.1. The largest absolute Gasteiger partial charge is 0.443 e. The molecule has 6 heteroatoms. The van der Waals surface area contributed by atoms with Crippen LogP contribution >= 0.6 is 15.9 Å². The molecule has 0 fully saturated rings. The minimum atomic E-state index is 0.734. The molecule has 0 amide bonds. The Labute approximate surface area is 112 Å². The first-order valence-corrected chi connectivity index (χ1v) is 6.30. The van der Waals surface area contributed by atoms with Gasteiger partial charge in [0.25, 0.3) is 0 Å². The Hall–Kier alpha value is -1.66. The molecule has 0 radical (unpaired) electrons. The molecule has 3 aromatic rings. The van der Waals surface area contributed by atoms with Crippen LogP contribution in [0.2, 0.25) is 0 Å². The summed E-state index contributed by atoms with van der Waals surface area (Å²) in [6.45, 7) is 0.734. The number of aromatic amines is 1. The lowest BCUT2D eigenvalue weighted by Crippen LogP contribution is -2.05. The molecular weight excluding hydrogens is 296 g/mol. The normalized spacial score (nSPS) is 11.2. The predicted octanol–water partition coefficient (Wildman–Crippen LogP) is 2.70. The molecule has 0 unspecified atom stereocenters. The van der Waals surface area contributed by atoms with Gasteiger partial charge in [0.1, 0.15) is 11.2 Å². The Bertz CT molecular complexity index is 688. The fourth-order valence-electron chi connectivity index (χ4n) is 1.85. The number of nitrogens with one attached hydrogen (secondary N) is 2. The van der Waals surface area contributed by atoms with Crippen molar-refractivity contribution >= 4 is 27.0 Å². The Morgan fingerprint density at radius 3 is 3.17 bits per heavy atom. The van der Waals surface area contributed by atoms with Crippen LogP contribution in [-0.4, -0.2) is 22.2 Å². The van der Waals surface area contributed by atoms with Crippen molar-refractivity contribution in [2.75, 3.05) is 7.05 Å². The fourth-order valence-corrected chi connectivity index (χ4v) is 2.40. The van der Waals surface area contributed by atoms with E-state index in [1.54, 1.807) is 0 Å². The SMILES string of the molecule is CNCc1[nH]nc(-c2ccc3ncoc3c2)c1Br. The molecule has 0 atom stereocenters. The maximum atomic E-state index is 5.30. The third-order valence-corrected chi connectivity index (χ3v) is 3.59. The maximum Gasteiger partial charge on any atom is 0.181 e. The van der Waals surface area contributed by atoms with Gasteiger partial charge in [-0.25, -0.2) is 4.98 Å². The standard InChI is InChI=1S/C12H11BrN4O/c1-14-5-9-11(13)12(17-16-9)7-2-3-8-10(4-7)18-6-15-8/h2-4,6,14H,5H2,1H3,(H,16,17). The van der Waals surface area contributed by atoms with Crippen molar-refractivity contribution in [2.24, 2.45) is 0 Å². The molecule has 0 spiro atoms. The lowest BCUT2D eigenvalue weighted by molar-refractivity contribution is 0.602. The van der Waals surface area contributed by atoms with Gasteiger partial charge in [0.15, 0.2) is 12.0 Å². The van der Waals surface area contributed by atoms with Crippen molar-refractivity contribution < 1.29 is 4.42 Å². The lowest BCUT2D eigenvalue weighted by Gasteiger charge is -1.98. The quantitative estimate of drug-likeness (QED) is 0.781. The van der Waals surface area contributed by atoms with Crippen molar-refractivity contribution in [3.63, 3.8) is 0 Å². The molecular formula is C12H11BrN4O. The molecule has 18 heavy (non-hydrogen) atoms. The third kappa shape index (κ3) is 1.83. The van der Waals surface area contributed by atoms with Crippen LogP contribution in [0.5, 0.6) is 0 Å². The highest BCUT2D eigenvalue weighted by Crippen LogP contribution is 2.30. The van der Waals surface area contributed by atoms with Crippen molar-refractivity contribution in [2.45, 2.75) is 6.54 Å². The molecule has 0 bridgehead atoms. The van der Waals surface area contributed by atoms with Gasteiger partial charge in [-0.05, 0) is 35.1 Å². The molecule has 2 N–H and O–H groups in total. The highest BCUT2D eigenvalue weighted by molar-refractivity contribution is 9.10. The summed E-state index contributed by atoms with van der Waals surface area (Å²) in [5, 5.41) is 10.4. The van der Waals surface area contributed by atoms with Crippen LogP contribution in [0.15, 0.2) is 33.5 Å². The van der Waals surface area contributed by atoms with E-state index in [1.165, 1.54) is 6.39 Å². The Morgan fingerprint density at radius 2 is 2.33 bits per heavy atom. The second-order valence-electron chi connectivity index (χ2n) is 3.93. The average molecular weight is 307 g/mol. The van der Waals surface area contributed by atoms with Gasteiger partial charge < -0.3 is 9.73 Å². The van der Waals surface area contributed by atoms with Crippen LogP contribution in [-0.2, 0) is 6.54 Å². The van der Waals surface area contributed by atoms with Crippen molar-refractivity contribution in [3.05, 3.63) is 34.8 Å². The van der Waals surface area contributed by atoms with Crippen molar-refractivity contribution in [1.29, 1.82) is 0 Å². The van der Waals surface area contributed by atoms with Crippen LogP contribution in [0.1, 0.15) is 5.69 Å². The molecule has 0 aliphatic carbocycles. The van der Waals surface area contributed by atoms with Gasteiger partial charge >= 0.3 is 0 Å². The molecule has 1 aromatic carbocycles. The number of hydrogen-bond donors (Lipinski definition) is 2. The zero-order chi connectivity index (χ0) is 12.5. The maximum absolute atomic E-state index is 5.30. The number of oxazole rings is 1. The number of hydrogen-bond acceptors (Lipinski definition) is 4. The van der Waals surface area contributed by atoms with Gasteiger partial charge in [-0.3, -0.25) is 5.10 Å². The zero-order valence-corrected chi connectivity index (χ0v) is 11.3. The number of rotatable bonds is 3. The van der Waals surface area contributed by atoms with E-state index in [4.69, 9.17) is 4.42 Å². The Balaban J connectivity index is 2.07. The first-order chi connectivity index (χ1) is 8.79. The number of nitrogens with zero attached hydrogens (tertiary/aromatic N) is 2. The van der Waals surface area contributed by atoms with Gasteiger partial charge in [-0.15, -0.1) is 0 Å². The van der Waals surface area contributed by atoms with Crippen LogP contribution in [0.25, 0.3) is 22.4 Å². The highest BCUT2D eigenvalue weighted by atomic mass is 79.9. The highest BCUT2D eigenvalue weighted by Gasteiger charge is 2.13. The number of halogens is 1. The summed E-state index contributed by atoms with van der Waals surface area (Å²) in [6.07, 6.45) is 1.44. The summed E-state index contributed by atoms with van der Waals surface area (Å²) < 4.78 is 6.27. The number of aromatic nitrogens is 3. The minimum absolute atomic E-state index is 0.734. The molecule has 2 heterocycles. The van der Waals surface area contributed by atoms with Gasteiger partial charge in [-0.2, -0.15) is 5.10 Å². The molecule has 2 aromatic heterocycles. The summed E-state index contributed by atoms with van der Waals surface area (Å²) in [5.41, 5.74) is 4.49. The second-order valence-corrected chi connectivity index (χ2v) is 4.72. The first-order valence-electron chi connectivity index (χ1n) is 5.50. The van der Waals surface area contributed by atoms with E-state index in [2.05, 4.69) is 36.4 Å². The van der Waals surface area contributed by atoms with Crippen LogP contribution < -0.4 is 5.32 Å². The molecule has 5 nitrogen and oxygen atoms in total. The first kappa shape index (κ1) is 11.4. The van der Waals surface area contributed by atoms with Gasteiger partial charge in [0.05, 0.1) is 10.2 Å². The van der Waals surface area contributed by atoms with E-state index in [0.717, 1.165) is 39.1 Å². The van der Waals surface area contributed by atoms with E-state index in [-0.39, 0.29) is 0 Å². The summed E-state index contributed by atoms with van der Waals surface area (Å²) in [4.78, 5) is 4.09. The van der Waals surface area contributed by atoms with Crippen LogP contribution in [0.3, 0.4) is 0 Å². The Kier molecular flexibility index (Phi) is 2.89. The molecule has 3 rings (SSSR count). The summed E-state index contributed by atoms with van der Waals surface area (Å²) in [5.74, 6) is 0. The van der Waals surface area contributed by atoms with Gasteiger partial charge in [0, 0.05) is 12.1 Å².